The second kappa shape index (κ2) is 4.97. The van der Waals surface area contributed by atoms with Gasteiger partial charge in [0, 0.05) is 18.9 Å². The second-order valence-electron chi connectivity index (χ2n) is 4.01. The first-order valence-corrected chi connectivity index (χ1v) is 5.12. The number of hydrogen-bond acceptors (Lipinski definition) is 2. The quantitative estimate of drug-likeness (QED) is 0.650. The smallest absolute Gasteiger partial charge is 0.133 e. The highest BCUT2D eigenvalue weighted by atomic mass is 35.5. The number of hydrogen-bond donors (Lipinski definition) is 0. The summed E-state index contributed by atoms with van der Waals surface area (Å²) in [6.07, 6.45) is 6.65. The summed E-state index contributed by atoms with van der Waals surface area (Å²) in [5.41, 5.74) is 0. The highest BCUT2D eigenvalue weighted by Crippen LogP contribution is 2.23. The number of nitrogens with zero attached hydrogens (tertiary/aromatic N) is 1. The molecule has 0 N–H and O–H groups in total. The Balaban J connectivity index is 0.000000845. The molecule has 0 aromatic carbocycles. The van der Waals surface area contributed by atoms with E-state index in [9.17, 15) is 4.79 Å². The maximum Gasteiger partial charge on any atom is 0.133 e. The predicted octanol–water partition coefficient (Wildman–Crippen LogP) is 2.02. The fourth-order valence-corrected chi connectivity index (χ4v) is 2.40. The molecule has 2 rings (SSSR count). The molecule has 0 bridgehead atoms. The van der Waals surface area contributed by atoms with Crippen molar-refractivity contribution in [1.82, 2.24) is 4.90 Å². The van der Waals surface area contributed by atoms with E-state index in [4.69, 9.17) is 0 Å². The molecule has 0 aromatic rings. The summed E-state index contributed by atoms with van der Waals surface area (Å²) in [5.74, 6) is 0.477. The molecule has 2 aliphatic rings. The van der Waals surface area contributed by atoms with Crippen molar-refractivity contribution < 1.29 is 4.79 Å². The van der Waals surface area contributed by atoms with Crippen LogP contribution in [0.15, 0.2) is 0 Å². The number of carbonyl (C=O) groups is 1. The van der Waals surface area contributed by atoms with Crippen molar-refractivity contribution in [3.63, 3.8) is 0 Å². The molecule has 1 saturated heterocycles. The first kappa shape index (κ1) is 11.0. The molecule has 2 fully saturated rings. The van der Waals surface area contributed by atoms with Gasteiger partial charge in [-0.05, 0) is 38.8 Å². The lowest BCUT2D eigenvalue weighted by molar-refractivity contribution is -0.121. The van der Waals surface area contributed by atoms with E-state index in [-0.39, 0.29) is 12.4 Å². The SMILES string of the molecule is Cl.O=C1CCC(N2CCCC2)CC1. The van der Waals surface area contributed by atoms with Crippen LogP contribution in [0.4, 0.5) is 0 Å². The van der Waals surface area contributed by atoms with Crippen LogP contribution in [0.1, 0.15) is 38.5 Å². The Morgan fingerprint density at radius 2 is 1.62 bits per heavy atom. The van der Waals surface area contributed by atoms with E-state index in [1.807, 2.05) is 0 Å². The van der Waals surface area contributed by atoms with E-state index in [2.05, 4.69) is 4.90 Å². The normalized spacial score (nSPS) is 26.0. The van der Waals surface area contributed by atoms with Gasteiger partial charge in [0.2, 0.25) is 0 Å². The van der Waals surface area contributed by atoms with Crippen LogP contribution in [0.25, 0.3) is 0 Å². The van der Waals surface area contributed by atoms with Gasteiger partial charge in [0.15, 0.2) is 0 Å². The minimum Gasteiger partial charge on any atom is -0.300 e. The minimum atomic E-state index is 0. The van der Waals surface area contributed by atoms with Crippen molar-refractivity contribution in [2.45, 2.75) is 44.6 Å². The predicted molar refractivity (Wildman–Crippen MR) is 55.3 cm³/mol. The van der Waals surface area contributed by atoms with Gasteiger partial charge in [-0.15, -0.1) is 12.4 Å². The van der Waals surface area contributed by atoms with Crippen LogP contribution in [0, 0.1) is 0 Å². The number of likely N-dealkylation sites (tertiary alicyclic amines) is 1. The number of carbonyl (C=O) groups excluding carboxylic acids is 1. The van der Waals surface area contributed by atoms with Crippen LogP contribution in [0.3, 0.4) is 0 Å². The van der Waals surface area contributed by atoms with Crippen LogP contribution in [0.2, 0.25) is 0 Å². The molecule has 0 radical (unpaired) electrons. The van der Waals surface area contributed by atoms with Crippen LogP contribution in [0.5, 0.6) is 0 Å². The van der Waals surface area contributed by atoms with Gasteiger partial charge in [-0.3, -0.25) is 4.79 Å². The second-order valence-corrected chi connectivity index (χ2v) is 4.01. The molecule has 0 atom stereocenters. The molecule has 3 heteroatoms. The van der Waals surface area contributed by atoms with E-state index in [0.717, 1.165) is 31.7 Å². The van der Waals surface area contributed by atoms with Gasteiger partial charge >= 0.3 is 0 Å². The summed E-state index contributed by atoms with van der Waals surface area (Å²) >= 11 is 0. The Labute approximate surface area is 86.1 Å². The van der Waals surface area contributed by atoms with Crippen molar-refractivity contribution in [2.75, 3.05) is 13.1 Å². The lowest BCUT2D eigenvalue weighted by Crippen LogP contribution is -2.35. The summed E-state index contributed by atoms with van der Waals surface area (Å²) in [5, 5.41) is 0. The zero-order valence-electron chi connectivity index (χ0n) is 8.00. The van der Waals surface area contributed by atoms with Gasteiger partial charge in [0.1, 0.15) is 5.78 Å². The summed E-state index contributed by atoms with van der Waals surface area (Å²) in [6, 6.07) is 0.741. The average molecular weight is 204 g/mol. The third-order valence-electron chi connectivity index (χ3n) is 3.17. The molecule has 1 heterocycles. The third-order valence-corrected chi connectivity index (χ3v) is 3.17. The fourth-order valence-electron chi connectivity index (χ4n) is 2.40. The zero-order valence-corrected chi connectivity index (χ0v) is 8.81. The molecule has 76 valence electrons. The Bertz CT molecular complexity index is 168. The van der Waals surface area contributed by atoms with Gasteiger partial charge < -0.3 is 4.90 Å². The minimum absolute atomic E-state index is 0. The lowest BCUT2D eigenvalue weighted by atomic mass is 9.93. The number of Topliss-reactive ketones (excluding diaryl/α,β-unsaturated/α-hetero) is 1. The maximum atomic E-state index is 11.0. The van der Waals surface area contributed by atoms with Gasteiger partial charge in [-0.25, -0.2) is 0 Å². The molecular formula is C10H18ClNO. The molecule has 0 spiro atoms. The third kappa shape index (κ3) is 2.68. The average Bonchev–Trinajstić information content (AvgIpc) is 2.58. The Morgan fingerprint density at radius 3 is 2.15 bits per heavy atom. The molecule has 13 heavy (non-hydrogen) atoms. The molecule has 2 nitrogen and oxygen atoms in total. The molecule has 1 aliphatic carbocycles. The van der Waals surface area contributed by atoms with Gasteiger partial charge in [0.25, 0.3) is 0 Å². The monoisotopic (exact) mass is 203 g/mol. The standard InChI is InChI=1S/C10H17NO.ClH/c12-10-5-3-9(4-6-10)11-7-1-2-8-11;/h9H,1-8H2;1H. The van der Waals surface area contributed by atoms with Gasteiger partial charge in [0.05, 0.1) is 0 Å². The van der Waals surface area contributed by atoms with Crippen molar-refractivity contribution >= 4 is 18.2 Å². The Hall–Kier alpha value is -0.0800. The molecule has 0 amide bonds. The molecule has 0 unspecified atom stereocenters. The number of rotatable bonds is 1. The van der Waals surface area contributed by atoms with E-state index in [1.165, 1.54) is 25.9 Å². The first-order chi connectivity index (χ1) is 5.86. The van der Waals surface area contributed by atoms with E-state index in [1.54, 1.807) is 0 Å². The van der Waals surface area contributed by atoms with Crippen molar-refractivity contribution in [2.24, 2.45) is 0 Å². The summed E-state index contributed by atoms with van der Waals surface area (Å²) in [7, 11) is 0. The summed E-state index contributed by atoms with van der Waals surface area (Å²) in [4.78, 5) is 13.6. The van der Waals surface area contributed by atoms with Gasteiger partial charge in [-0.2, -0.15) is 0 Å². The Morgan fingerprint density at radius 1 is 1.08 bits per heavy atom. The molecular weight excluding hydrogens is 186 g/mol. The Kier molecular flexibility index (Phi) is 4.20. The van der Waals surface area contributed by atoms with E-state index < -0.39 is 0 Å². The number of ketones is 1. The van der Waals surface area contributed by atoms with E-state index in [0.29, 0.717) is 5.78 Å². The number of halogens is 1. The first-order valence-electron chi connectivity index (χ1n) is 5.12. The topological polar surface area (TPSA) is 20.3 Å². The van der Waals surface area contributed by atoms with Crippen molar-refractivity contribution in [3.05, 3.63) is 0 Å². The van der Waals surface area contributed by atoms with Crippen LogP contribution >= 0.6 is 12.4 Å². The lowest BCUT2D eigenvalue weighted by Gasteiger charge is -2.29. The van der Waals surface area contributed by atoms with Crippen molar-refractivity contribution in [3.8, 4) is 0 Å². The summed E-state index contributed by atoms with van der Waals surface area (Å²) < 4.78 is 0. The maximum absolute atomic E-state index is 11.0. The molecule has 1 aliphatic heterocycles. The molecule has 1 saturated carbocycles. The highest BCUT2D eigenvalue weighted by molar-refractivity contribution is 5.85. The molecule has 0 aromatic heterocycles. The van der Waals surface area contributed by atoms with Crippen LogP contribution in [-0.4, -0.2) is 29.8 Å². The zero-order chi connectivity index (χ0) is 8.39. The fraction of sp³-hybridized carbons (Fsp3) is 0.900. The summed E-state index contributed by atoms with van der Waals surface area (Å²) in [6.45, 7) is 2.55. The van der Waals surface area contributed by atoms with Crippen LogP contribution < -0.4 is 0 Å². The largest absolute Gasteiger partial charge is 0.300 e. The van der Waals surface area contributed by atoms with E-state index >= 15 is 0 Å². The van der Waals surface area contributed by atoms with Crippen molar-refractivity contribution in [1.29, 1.82) is 0 Å². The van der Waals surface area contributed by atoms with Crippen LogP contribution in [-0.2, 0) is 4.79 Å². The van der Waals surface area contributed by atoms with Gasteiger partial charge in [-0.1, -0.05) is 0 Å². The highest BCUT2D eigenvalue weighted by Gasteiger charge is 2.25.